The molecule has 0 bridgehead atoms. The van der Waals surface area contributed by atoms with Crippen molar-refractivity contribution < 1.29 is 9.53 Å². The smallest absolute Gasteiger partial charge is 0.345 e. The van der Waals surface area contributed by atoms with Gasteiger partial charge in [-0.3, -0.25) is 9.20 Å². The zero-order chi connectivity index (χ0) is 22.4. The summed E-state index contributed by atoms with van der Waals surface area (Å²) in [7, 11) is 3.82. The van der Waals surface area contributed by atoms with Gasteiger partial charge in [0.1, 0.15) is 16.2 Å². The molecule has 9 heteroatoms. The van der Waals surface area contributed by atoms with Gasteiger partial charge in [0.25, 0.3) is 0 Å². The molecule has 1 aromatic carbocycles. The first kappa shape index (κ1) is 20.1. The SMILES string of the molecule is CCOC(=O)c1c(=O)c2cnc(-c3ccnc(N(C)C)c3)nc2n2c1sc1ccccc12. The van der Waals surface area contributed by atoms with E-state index in [1.165, 1.54) is 17.5 Å². The van der Waals surface area contributed by atoms with E-state index in [9.17, 15) is 9.59 Å². The van der Waals surface area contributed by atoms with Crippen molar-refractivity contribution in [3.05, 3.63) is 64.6 Å². The highest BCUT2D eigenvalue weighted by molar-refractivity contribution is 7.24. The maximum Gasteiger partial charge on any atom is 0.345 e. The minimum Gasteiger partial charge on any atom is -0.462 e. The Hall–Kier alpha value is -3.85. The van der Waals surface area contributed by atoms with Gasteiger partial charge in [-0.1, -0.05) is 12.1 Å². The van der Waals surface area contributed by atoms with Crippen molar-refractivity contribution >= 4 is 49.2 Å². The molecule has 0 atom stereocenters. The van der Waals surface area contributed by atoms with Crippen molar-refractivity contribution in [2.75, 3.05) is 25.6 Å². The van der Waals surface area contributed by atoms with E-state index in [0.717, 1.165) is 21.6 Å². The van der Waals surface area contributed by atoms with Gasteiger partial charge in [0.15, 0.2) is 11.5 Å². The molecular weight excluding hydrogens is 426 g/mol. The topological polar surface area (TPSA) is 89.7 Å². The van der Waals surface area contributed by atoms with Gasteiger partial charge < -0.3 is 9.64 Å². The molecular formula is C23H19N5O3S. The number of benzene rings is 1. The molecule has 0 N–H and O–H groups in total. The van der Waals surface area contributed by atoms with Gasteiger partial charge in [-0.15, -0.1) is 11.3 Å². The molecule has 8 nitrogen and oxygen atoms in total. The maximum atomic E-state index is 13.3. The summed E-state index contributed by atoms with van der Waals surface area (Å²) in [4.78, 5) is 42.0. The van der Waals surface area contributed by atoms with E-state index in [-0.39, 0.29) is 17.6 Å². The number of ether oxygens (including phenoxy) is 1. The summed E-state index contributed by atoms with van der Waals surface area (Å²) in [6, 6.07) is 11.4. The molecule has 4 heterocycles. The van der Waals surface area contributed by atoms with E-state index in [2.05, 4.69) is 9.97 Å². The number of rotatable bonds is 4. The fraction of sp³-hybridized carbons (Fsp3) is 0.174. The third-order valence-electron chi connectivity index (χ3n) is 5.12. The summed E-state index contributed by atoms with van der Waals surface area (Å²) in [5, 5.41) is 0.264. The molecule has 0 saturated heterocycles. The van der Waals surface area contributed by atoms with Crippen LogP contribution < -0.4 is 10.3 Å². The molecule has 0 amide bonds. The maximum absolute atomic E-state index is 13.3. The Labute approximate surface area is 186 Å². The Morgan fingerprint density at radius 1 is 1.19 bits per heavy atom. The molecule has 0 aliphatic carbocycles. The molecule has 0 unspecified atom stereocenters. The number of thiazole rings is 1. The second kappa shape index (κ2) is 7.69. The van der Waals surface area contributed by atoms with Gasteiger partial charge in [-0.2, -0.15) is 0 Å². The van der Waals surface area contributed by atoms with Gasteiger partial charge in [0.05, 0.1) is 22.2 Å². The number of hydrogen-bond acceptors (Lipinski definition) is 8. The predicted octanol–water partition coefficient (Wildman–Crippen LogP) is 3.76. The van der Waals surface area contributed by atoms with Crippen molar-refractivity contribution in [1.82, 2.24) is 19.4 Å². The Balaban J connectivity index is 1.88. The highest BCUT2D eigenvalue weighted by Crippen LogP contribution is 2.31. The van der Waals surface area contributed by atoms with Crippen LogP contribution in [0.1, 0.15) is 17.3 Å². The van der Waals surface area contributed by atoms with E-state index < -0.39 is 11.4 Å². The van der Waals surface area contributed by atoms with Crippen LogP contribution in [0.3, 0.4) is 0 Å². The predicted molar refractivity (Wildman–Crippen MR) is 126 cm³/mol. The summed E-state index contributed by atoms with van der Waals surface area (Å²) < 4.78 is 7.98. The second-order valence-corrected chi connectivity index (χ2v) is 8.39. The van der Waals surface area contributed by atoms with Crippen LogP contribution in [0.2, 0.25) is 0 Å². The lowest BCUT2D eigenvalue weighted by Crippen LogP contribution is -2.20. The quantitative estimate of drug-likeness (QED) is 0.389. The monoisotopic (exact) mass is 445 g/mol. The van der Waals surface area contributed by atoms with Gasteiger partial charge in [0.2, 0.25) is 5.43 Å². The standard InChI is InChI=1S/C23H19N5O3S/c1-4-31-23(30)18-19(29)14-12-25-20(13-9-10-24-17(11-13)27(2)3)26-21(14)28-15-7-5-6-8-16(15)32-22(18)28/h5-12H,4H2,1-3H3. The van der Waals surface area contributed by atoms with Crippen LogP contribution >= 0.6 is 11.3 Å². The average Bonchev–Trinajstić information content (AvgIpc) is 3.18. The summed E-state index contributed by atoms with van der Waals surface area (Å²) >= 11 is 1.36. The second-order valence-electron chi connectivity index (χ2n) is 7.36. The molecule has 0 aliphatic rings. The molecule has 0 aliphatic heterocycles. The highest BCUT2D eigenvalue weighted by Gasteiger charge is 2.24. The zero-order valence-electron chi connectivity index (χ0n) is 17.7. The van der Waals surface area contributed by atoms with Crippen LogP contribution in [0.15, 0.2) is 53.6 Å². The molecule has 4 aromatic heterocycles. The number of anilines is 1. The van der Waals surface area contributed by atoms with E-state index >= 15 is 0 Å². The zero-order valence-corrected chi connectivity index (χ0v) is 18.5. The number of nitrogens with zero attached hydrogens (tertiary/aromatic N) is 5. The number of pyridine rings is 2. The summed E-state index contributed by atoms with van der Waals surface area (Å²) in [5.74, 6) is 0.597. The lowest BCUT2D eigenvalue weighted by atomic mass is 10.2. The normalized spacial score (nSPS) is 11.3. The number of carbonyl (C=O) groups excluding carboxylic acids is 1. The summed E-state index contributed by atoms with van der Waals surface area (Å²) in [6.45, 7) is 1.89. The number of hydrogen-bond donors (Lipinski definition) is 0. The van der Waals surface area contributed by atoms with E-state index in [4.69, 9.17) is 9.72 Å². The minimum absolute atomic E-state index is 0.00991. The van der Waals surface area contributed by atoms with Crippen LogP contribution in [0, 0.1) is 0 Å². The first-order valence-corrected chi connectivity index (χ1v) is 10.8. The number of para-hydroxylation sites is 1. The van der Waals surface area contributed by atoms with Crippen molar-refractivity contribution in [3.63, 3.8) is 0 Å². The summed E-state index contributed by atoms with van der Waals surface area (Å²) in [6.07, 6.45) is 3.18. The molecule has 32 heavy (non-hydrogen) atoms. The number of carbonyl (C=O) groups is 1. The van der Waals surface area contributed by atoms with E-state index in [0.29, 0.717) is 16.3 Å². The highest BCUT2D eigenvalue weighted by atomic mass is 32.1. The first-order valence-electron chi connectivity index (χ1n) is 10.0. The van der Waals surface area contributed by atoms with Crippen molar-refractivity contribution in [3.8, 4) is 11.4 Å². The molecule has 0 radical (unpaired) electrons. The molecule has 0 saturated carbocycles. The Kier molecular flexibility index (Phi) is 4.82. The largest absolute Gasteiger partial charge is 0.462 e. The lowest BCUT2D eigenvalue weighted by molar-refractivity contribution is 0.0527. The Morgan fingerprint density at radius 2 is 2.00 bits per heavy atom. The Morgan fingerprint density at radius 3 is 2.78 bits per heavy atom. The first-order chi connectivity index (χ1) is 15.5. The number of aromatic nitrogens is 4. The van der Waals surface area contributed by atoms with Crippen molar-refractivity contribution in [2.45, 2.75) is 6.92 Å². The van der Waals surface area contributed by atoms with Crippen molar-refractivity contribution in [1.29, 1.82) is 0 Å². The van der Waals surface area contributed by atoms with Crippen LogP contribution in [-0.2, 0) is 4.74 Å². The Bertz CT molecular complexity index is 1570. The number of esters is 1. The number of fused-ring (bicyclic) bond motifs is 5. The molecule has 5 rings (SSSR count). The third-order valence-corrected chi connectivity index (χ3v) is 6.27. The van der Waals surface area contributed by atoms with Crippen LogP contribution in [0.25, 0.3) is 37.5 Å². The van der Waals surface area contributed by atoms with Crippen molar-refractivity contribution in [2.24, 2.45) is 0 Å². The molecule has 0 spiro atoms. The van der Waals surface area contributed by atoms with E-state index in [1.807, 2.05) is 59.8 Å². The molecule has 160 valence electrons. The van der Waals surface area contributed by atoms with Crippen LogP contribution in [0.4, 0.5) is 5.82 Å². The average molecular weight is 446 g/mol. The minimum atomic E-state index is -0.641. The van der Waals surface area contributed by atoms with Gasteiger partial charge in [0, 0.05) is 32.1 Å². The lowest BCUT2D eigenvalue weighted by Gasteiger charge is -2.12. The summed E-state index contributed by atoms with van der Waals surface area (Å²) in [5.41, 5.74) is 1.66. The van der Waals surface area contributed by atoms with Gasteiger partial charge >= 0.3 is 5.97 Å². The third kappa shape index (κ3) is 3.09. The van der Waals surface area contributed by atoms with Gasteiger partial charge in [-0.05, 0) is 31.2 Å². The fourth-order valence-corrected chi connectivity index (χ4v) is 4.79. The molecule has 5 aromatic rings. The fourth-order valence-electron chi connectivity index (χ4n) is 3.62. The van der Waals surface area contributed by atoms with E-state index in [1.54, 1.807) is 13.1 Å². The van der Waals surface area contributed by atoms with Crippen LogP contribution in [0.5, 0.6) is 0 Å². The van der Waals surface area contributed by atoms with Crippen LogP contribution in [-0.4, -0.2) is 46.0 Å². The molecule has 0 fully saturated rings. The van der Waals surface area contributed by atoms with Gasteiger partial charge in [-0.25, -0.2) is 19.7 Å².